The summed E-state index contributed by atoms with van der Waals surface area (Å²) in [4.78, 5) is 26.2. The molecule has 1 aliphatic heterocycles. The van der Waals surface area contributed by atoms with Crippen molar-refractivity contribution in [3.05, 3.63) is 59.5 Å². The first kappa shape index (κ1) is 15.3. The minimum atomic E-state index is -0.236. The van der Waals surface area contributed by atoms with E-state index in [1.807, 2.05) is 35.2 Å². The van der Waals surface area contributed by atoms with Crippen LogP contribution < -0.4 is 5.32 Å². The zero-order valence-electron chi connectivity index (χ0n) is 13.1. The van der Waals surface area contributed by atoms with E-state index < -0.39 is 0 Å². The first-order chi connectivity index (χ1) is 11.1. The van der Waals surface area contributed by atoms with Gasteiger partial charge in [0.05, 0.1) is 17.9 Å². The third-order valence-corrected chi connectivity index (χ3v) is 4.19. The number of benzene rings is 1. The van der Waals surface area contributed by atoms with Crippen LogP contribution in [-0.4, -0.2) is 29.8 Å². The average molecular weight is 312 g/mol. The van der Waals surface area contributed by atoms with Crippen LogP contribution >= 0.6 is 0 Å². The summed E-state index contributed by atoms with van der Waals surface area (Å²) in [7, 11) is 0. The van der Waals surface area contributed by atoms with Gasteiger partial charge in [-0.2, -0.15) is 0 Å². The maximum atomic E-state index is 12.5. The minimum Gasteiger partial charge on any atom is -0.469 e. The normalized spacial score (nSPS) is 15.7. The largest absolute Gasteiger partial charge is 0.469 e. The third-order valence-electron chi connectivity index (χ3n) is 4.19. The number of hydrogen-bond donors (Lipinski definition) is 1. The molecule has 23 heavy (non-hydrogen) atoms. The van der Waals surface area contributed by atoms with E-state index in [9.17, 15) is 9.59 Å². The standard InChI is InChI=1S/C18H20N2O3/c1-13-15(9-11-23-13)18(22)19-16(14-6-3-2-4-7-14)12-20-10-5-8-17(20)21/h2-4,6-7,9,11,16H,5,8,10,12H2,1H3,(H,19,22)/t16-/m0/s1. The molecule has 5 heteroatoms. The van der Waals surface area contributed by atoms with Gasteiger partial charge >= 0.3 is 0 Å². The van der Waals surface area contributed by atoms with Crippen LogP contribution in [0, 0.1) is 6.92 Å². The van der Waals surface area contributed by atoms with Gasteiger partial charge < -0.3 is 14.6 Å². The summed E-state index contributed by atoms with van der Waals surface area (Å²) >= 11 is 0. The van der Waals surface area contributed by atoms with Gasteiger partial charge in [-0.1, -0.05) is 30.3 Å². The predicted molar refractivity (Wildman–Crippen MR) is 85.9 cm³/mol. The Morgan fingerprint density at radius 1 is 1.30 bits per heavy atom. The maximum Gasteiger partial charge on any atom is 0.255 e. The van der Waals surface area contributed by atoms with E-state index >= 15 is 0 Å². The highest BCUT2D eigenvalue weighted by molar-refractivity contribution is 5.95. The zero-order chi connectivity index (χ0) is 16.2. The van der Waals surface area contributed by atoms with Gasteiger partial charge in [0.1, 0.15) is 5.76 Å². The molecule has 1 N–H and O–H groups in total. The molecule has 3 rings (SSSR count). The molecule has 0 spiro atoms. The van der Waals surface area contributed by atoms with Crippen LogP contribution in [0.4, 0.5) is 0 Å². The Balaban J connectivity index is 1.79. The van der Waals surface area contributed by atoms with Crippen LogP contribution in [0.2, 0.25) is 0 Å². The molecule has 1 saturated heterocycles. The lowest BCUT2D eigenvalue weighted by atomic mass is 10.1. The molecule has 120 valence electrons. The highest BCUT2D eigenvalue weighted by Crippen LogP contribution is 2.20. The molecule has 2 aromatic rings. The van der Waals surface area contributed by atoms with Gasteiger partial charge in [0.25, 0.3) is 5.91 Å². The van der Waals surface area contributed by atoms with Gasteiger partial charge in [0, 0.05) is 19.5 Å². The van der Waals surface area contributed by atoms with Crippen molar-refractivity contribution in [3.63, 3.8) is 0 Å². The van der Waals surface area contributed by atoms with E-state index in [1.54, 1.807) is 13.0 Å². The van der Waals surface area contributed by atoms with Crippen molar-refractivity contribution in [3.8, 4) is 0 Å². The Hall–Kier alpha value is -2.56. The monoisotopic (exact) mass is 312 g/mol. The number of carbonyl (C=O) groups excluding carboxylic acids is 2. The number of carbonyl (C=O) groups is 2. The van der Waals surface area contributed by atoms with Crippen molar-refractivity contribution >= 4 is 11.8 Å². The van der Waals surface area contributed by atoms with Crippen LogP contribution in [0.3, 0.4) is 0 Å². The van der Waals surface area contributed by atoms with Gasteiger partial charge in [-0.3, -0.25) is 9.59 Å². The Morgan fingerprint density at radius 2 is 2.09 bits per heavy atom. The van der Waals surface area contributed by atoms with Gasteiger partial charge in [0.2, 0.25) is 5.91 Å². The van der Waals surface area contributed by atoms with E-state index in [4.69, 9.17) is 4.42 Å². The van der Waals surface area contributed by atoms with Gasteiger partial charge in [-0.25, -0.2) is 0 Å². The fourth-order valence-corrected chi connectivity index (χ4v) is 2.89. The number of aryl methyl sites for hydroxylation is 1. The number of amides is 2. The number of nitrogens with one attached hydrogen (secondary N) is 1. The van der Waals surface area contributed by atoms with Crippen molar-refractivity contribution < 1.29 is 14.0 Å². The van der Waals surface area contributed by atoms with E-state index in [-0.39, 0.29) is 17.9 Å². The van der Waals surface area contributed by atoms with E-state index in [2.05, 4.69) is 5.32 Å². The van der Waals surface area contributed by atoms with Crippen LogP contribution in [0.1, 0.15) is 40.6 Å². The minimum absolute atomic E-state index is 0.152. The lowest BCUT2D eigenvalue weighted by Gasteiger charge is -2.25. The SMILES string of the molecule is Cc1occc1C(=O)N[C@@H](CN1CCCC1=O)c1ccccc1. The molecule has 5 nitrogen and oxygen atoms in total. The Kier molecular flexibility index (Phi) is 4.46. The number of hydrogen-bond acceptors (Lipinski definition) is 3. The fraction of sp³-hybridized carbons (Fsp3) is 0.333. The molecule has 2 heterocycles. The lowest BCUT2D eigenvalue weighted by Crippen LogP contribution is -2.38. The van der Waals surface area contributed by atoms with E-state index in [1.165, 1.54) is 6.26 Å². The molecular weight excluding hydrogens is 292 g/mol. The van der Waals surface area contributed by atoms with Gasteiger partial charge in [-0.15, -0.1) is 0 Å². The number of furan rings is 1. The van der Waals surface area contributed by atoms with Crippen LogP contribution in [-0.2, 0) is 4.79 Å². The smallest absolute Gasteiger partial charge is 0.255 e. The van der Waals surface area contributed by atoms with Crippen molar-refractivity contribution in [1.82, 2.24) is 10.2 Å². The molecule has 1 aliphatic rings. The van der Waals surface area contributed by atoms with Crippen molar-refractivity contribution in [1.29, 1.82) is 0 Å². The van der Waals surface area contributed by atoms with Crippen LogP contribution in [0.5, 0.6) is 0 Å². The Labute approximate surface area is 135 Å². The number of nitrogens with zero attached hydrogens (tertiary/aromatic N) is 1. The summed E-state index contributed by atoms with van der Waals surface area (Å²) in [5.41, 5.74) is 1.51. The molecular formula is C18H20N2O3. The van der Waals surface area contributed by atoms with Crippen molar-refractivity contribution in [2.45, 2.75) is 25.8 Å². The highest BCUT2D eigenvalue weighted by atomic mass is 16.3. The van der Waals surface area contributed by atoms with Crippen molar-refractivity contribution in [2.24, 2.45) is 0 Å². The number of rotatable bonds is 5. The summed E-state index contributed by atoms with van der Waals surface area (Å²) in [6, 6.07) is 11.2. The van der Waals surface area contributed by atoms with E-state index in [0.717, 1.165) is 18.5 Å². The maximum absolute atomic E-state index is 12.5. The summed E-state index contributed by atoms with van der Waals surface area (Å²) in [5.74, 6) is 0.558. The molecule has 0 saturated carbocycles. The fourth-order valence-electron chi connectivity index (χ4n) is 2.89. The second kappa shape index (κ2) is 6.69. The topological polar surface area (TPSA) is 62.6 Å². The van der Waals surface area contributed by atoms with Gasteiger partial charge in [-0.05, 0) is 25.0 Å². The van der Waals surface area contributed by atoms with Crippen LogP contribution in [0.15, 0.2) is 47.1 Å². The molecule has 1 fully saturated rings. The molecule has 0 aliphatic carbocycles. The van der Waals surface area contributed by atoms with Crippen molar-refractivity contribution in [2.75, 3.05) is 13.1 Å². The lowest BCUT2D eigenvalue weighted by molar-refractivity contribution is -0.128. The summed E-state index contributed by atoms with van der Waals surface area (Å²) in [5, 5.41) is 3.03. The summed E-state index contributed by atoms with van der Waals surface area (Å²) < 4.78 is 5.20. The molecule has 1 aromatic heterocycles. The first-order valence-corrected chi connectivity index (χ1v) is 7.83. The molecule has 1 atom stereocenters. The predicted octanol–water partition coefficient (Wildman–Crippen LogP) is 2.68. The number of likely N-dealkylation sites (tertiary alicyclic amines) is 1. The quantitative estimate of drug-likeness (QED) is 0.923. The third kappa shape index (κ3) is 3.44. The summed E-state index contributed by atoms with van der Waals surface area (Å²) in [6.45, 7) is 3.00. The molecule has 0 radical (unpaired) electrons. The molecule has 2 amide bonds. The molecule has 0 bridgehead atoms. The molecule has 0 unspecified atom stereocenters. The summed E-state index contributed by atoms with van der Waals surface area (Å²) in [6.07, 6.45) is 2.98. The average Bonchev–Trinajstić information content (AvgIpc) is 3.16. The highest BCUT2D eigenvalue weighted by Gasteiger charge is 2.26. The second-order valence-corrected chi connectivity index (χ2v) is 5.77. The van der Waals surface area contributed by atoms with E-state index in [0.29, 0.717) is 24.3 Å². The second-order valence-electron chi connectivity index (χ2n) is 5.77. The van der Waals surface area contributed by atoms with Crippen LogP contribution in [0.25, 0.3) is 0 Å². The first-order valence-electron chi connectivity index (χ1n) is 7.83. The Morgan fingerprint density at radius 3 is 2.70 bits per heavy atom. The Bertz CT molecular complexity index is 693. The van der Waals surface area contributed by atoms with Gasteiger partial charge in [0.15, 0.2) is 0 Å². The molecule has 1 aromatic carbocycles. The zero-order valence-corrected chi connectivity index (χ0v) is 13.1.